The summed E-state index contributed by atoms with van der Waals surface area (Å²) in [5.41, 5.74) is 0. The van der Waals surface area contributed by atoms with Crippen LogP contribution in [0.25, 0.3) is 0 Å². The van der Waals surface area contributed by atoms with E-state index in [9.17, 15) is 9.59 Å². The number of hydrogen-bond donors (Lipinski definition) is 2. The highest BCUT2D eigenvalue weighted by Gasteiger charge is 2.33. The molecule has 5 nitrogen and oxygen atoms in total. The SMILES string of the molecule is CCC(CCO)N1C(=O)CNC1=O. The molecule has 1 heterocycles. The van der Waals surface area contributed by atoms with Crippen LogP contribution in [0.2, 0.25) is 0 Å². The van der Waals surface area contributed by atoms with Gasteiger partial charge in [-0.3, -0.25) is 9.69 Å². The monoisotopic (exact) mass is 186 g/mol. The molecule has 1 unspecified atom stereocenters. The molecule has 1 fully saturated rings. The topological polar surface area (TPSA) is 69.6 Å². The van der Waals surface area contributed by atoms with Gasteiger partial charge in [-0.05, 0) is 12.8 Å². The highest BCUT2D eigenvalue weighted by Crippen LogP contribution is 2.12. The molecule has 2 N–H and O–H groups in total. The molecule has 1 aliphatic rings. The van der Waals surface area contributed by atoms with Crippen LogP contribution in [0.1, 0.15) is 19.8 Å². The summed E-state index contributed by atoms with van der Waals surface area (Å²) in [6.07, 6.45) is 1.13. The Kier molecular flexibility index (Phi) is 3.25. The second-order valence-corrected chi connectivity index (χ2v) is 3.00. The number of carbonyl (C=O) groups is 2. The minimum absolute atomic E-state index is 0.00440. The molecule has 0 aromatic carbocycles. The molecule has 13 heavy (non-hydrogen) atoms. The summed E-state index contributed by atoms with van der Waals surface area (Å²) in [5, 5.41) is 11.2. The number of carbonyl (C=O) groups excluding carboxylic acids is 2. The van der Waals surface area contributed by atoms with E-state index in [2.05, 4.69) is 5.32 Å². The lowest BCUT2D eigenvalue weighted by Crippen LogP contribution is -2.40. The third-order valence-electron chi connectivity index (χ3n) is 2.18. The van der Waals surface area contributed by atoms with E-state index in [1.54, 1.807) is 0 Å². The quantitative estimate of drug-likeness (QED) is 0.592. The van der Waals surface area contributed by atoms with Gasteiger partial charge in [0.2, 0.25) is 5.91 Å². The van der Waals surface area contributed by atoms with Gasteiger partial charge in [0.15, 0.2) is 0 Å². The Morgan fingerprint density at radius 2 is 2.31 bits per heavy atom. The average molecular weight is 186 g/mol. The van der Waals surface area contributed by atoms with Crippen molar-refractivity contribution in [2.45, 2.75) is 25.8 Å². The van der Waals surface area contributed by atoms with Crippen LogP contribution in [0.4, 0.5) is 4.79 Å². The minimum Gasteiger partial charge on any atom is -0.396 e. The molecule has 0 aromatic rings. The minimum atomic E-state index is -0.342. The zero-order valence-electron chi connectivity index (χ0n) is 7.62. The van der Waals surface area contributed by atoms with Crippen molar-refractivity contribution in [3.05, 3.63) is 0 Å². The Balaban J connectivity index is 2.65. The fraction of sp³-hybridized carbons (Fsp3) is 0.750. The molecule has 1 rings (SSSR count). The third-order valence-corrected chi connectivity index (χ3v) is 2.18. The van der Waals surface area contributed by atoms with Gasteiger partial charge >= 0.3 is 6.03 Å². The van der Waals surface area contributed by atoms with Crippen molar-refractivity contribution in [1.82, 2.24) is 10.2 Å². The van der Waals surface area contributed by atoms with Crippen LogP contribution >= 0.6 is 0 Å². The Morgan fingerprint density at radius 1 is 1.62 bits per heavy atom. The molecular weight excluding hydrogens is 172 g/mol. The van der Waals surface area contributed by atoms with Gasteiger partial charge in [0.1, 0.15) is 0 Å². The van der Waals surface area contributed by atoms with E-state index < -0.39 is 0 Å². The number of amides is 3. The van der Waals surface area contributed by atoms with Crippen molar-refractivity contribution >= 4 is 11.9 Å². The number of aliphatic hydroxyl groups is 1. The molecule has 0 aromatic heterocycles. The van der Waals surface area contributed by atoms with Gasteiger partial charge in [0.25, 0.3) is 0 Å². The molecule has 0 spiro atoms. The average Bonchev–Trinajstić information content (AvgIpc) is 2.43. The van der Waals surface area contributed by atoms with E-state index in [4.69, 9.17) is 5.11 Å². The predicted octanol–water partition coefficient (Wildman–Crippen LogP) is -0.301. The van der Waals surface area contributed by atoms with Crippen LogP contribution in [-0.4, -0.2) is 41.1 Å². The number of urea groups is 1. The maximum Gasteiger partial charge on any atom is 0.324 e. The first-order chi connectivity index (χ1) is 6.20. The van der Waals surface area contributed by atoms with Crippen LogP contribution in [0.5, 0.6) is 0 Å². The van der Waals surface area contributed by atoms with Gasteiger partial charge in [-0.15, -0.1) is 0 Å². The summed E-state index contributed by atoms with van der Waals surface area (Å²) in [6.45, 7) is 1.97. The van der Waals surface area contributed by atoms with Crippen LogP contribution in [-0.2, 0) is 4.79 Å². The van der Waals surface area contributed by atoms with Crippen molar-refractivity contribution in [2.24, 2.45) is 0 Å². The molecule has 0 radical (unpaired) electrons. The number of hydrogen-bond acceptors (Lipinski definition) is 3. The molecule has 74 valence electrons. The molecule has 0 saturated carbocycles. The summed E-state index contributed by atoms with van der Waals surface area (Å²) in [6, 6.07) is -0.509. The van der Waals surface area contributed by atoms with Crippen molar-refractivity contribution < 1.29 is 14.7 Å². The molecule has 0 bridgehead atoms. The van der Waals surface area contributed by atoms with Crippen molar-refractivity contribution in [2.75, 3.05) is 13.2 Å². The first kappa shape index (κ1) is 9.98. The second kappa shape index (κ2) is 4.23. The number of nitrogens with one attached hydrogen (secondary N) is 1. The van der Waals surface area contributed by atoms with E-state index in [-0.39, 0.29) is 31.1 Å². The Morgan fingerprint density at radius 3 is 2.69 bits per heavy atom. The van der Waals surface area contributed by atoms with E-state index in [1.807, 2.05) is 6.92 Å². The lowest BCUT2D eigenvalue weighted by atomic mass is 10.1. The van der Waals surface area contributed by atoms with Crippen LogP contribution in [0.15, 0.2) is 0 Å². The van der Waals surface area contributed by atoms with E-state index in [1.165, 1.54) is 4.90 Å². The summed E-state index contributed by atoms with van der Waals surface area (Å²) < 4.78 is 0. The van der Waals surface area contributed by atoms with E-state index in [0.29, 0.717) is 12.8 Å². The Hall–Kier alpha value is -1.10. The third kappa shape index (κ3) is 1.98. The van der Waals surface area contributed by atoms with Crippen LogP contribution < -0.4 is 5.32 Å². The standard InChI is InChI=1S/C8H14N2O3/c1-2-6(3-4-11)10-7(12)5-9-8(10)13/h6,11H,2-5H2,1H3,(H,9,13). The smallest absolute Gasteiger partial charge is 0.324 e. The van der Waals surface area contributed by atoms with Gasteiger partial charge in [-0.1, -0.05) is 6.92 Å². The molecular formula is C8H14N2O3. The van der Waals surface area contributed by atoms with Crippen molar-refractivity contribution in [3.63, 3.8) is 0 Å². The lowest BCUT2D eigenvalue weighted by Gasteiger charge is -2.22. The summed E-state index contributed by atoms with van der Waals surface area (Å²) in [5.74, 6) is -0.203. The Bertz CT molecular complexity index is 201. The fourth-order valence-electron chi connectivity index (χ4n) is 1.47. The first-order valence-corrected chi connectivity index (χ1v) is 4.41. The molecule has 3 amide bonds. The largest absolute Gasteiger partial charge is 0.396 e. The zero-order chi connectivity index (χ0) is 9.84. The molecule has 0 aliphatic carbocycles. The fourth-order valence-corrected chi connectivity index (χ4v) is 1.47. The number of aliphatic hydroxyl groups excluding tert-OH is 1. The number of imide groups is 1. The molecule has 5 heteroatoms. The van der Waals surface area contributed by atoms with Gasteiger partial charge in [-0.25, -0.2) is 4.79 Å². The molecule has 1 saturated heterocycles. The molecule has 1 atom stereocenters. The van der Waals surface area contributed by atoms with Crippen LogP contribution in [0.3, 0.4) is 0 Å². The van der Waals surface area contributed by atoms with Gasteiger partial charge in [-0.2, -0.15) is 0 Å². The highest BCUT2D eigenvalue weighted by molar-refractivity contribution is 6.02. The first-order valence-electron chi connectivity index (χ1n) is 4.41. The second-order valence-electron chi connectivity index (χ2n) is 3.00. The summed E-state index contributed by atoms with van der Waals surface area (Å²) >= 11 is 0. The van der Waals surface area contributed by atoms with E-state index >= 15 is 0 Å². The van der Waals surface area contributed by atoms with Gasteiger partial charge < -0.3 is 10.4 Å². The maximum atomic E-state index is 11.2. The van der Waals surface area contributed by atoms with Crippen molar-refractivity contribution in [1.29, 1.82) is 0 Å². The Labute approximate surface area is 76.7 Å². The number of rotatable bonds is 4. The zero-order valence-corrected chi connectivity index (χ0v) is 7.62. The van der Waals surface area contributed by atoms with Gasteiger partial charge in [0, 0.05) is 12.6 Å². The van der Waals surface area contributed by atoms with Crippen molar-refractivity contribution in [3.8, 4) is 0 Å². The summed E-state index contributed by atoms with van der Waals surface area (Å²) in [4.78, 5) is 23.6. The lowest BCUT2D eigenvalue weighted by molar-refractivity contribution is -0.126. The number of nitrogens with zero attached hydrogens (tertiary/aromatic N) is 1. The maximum absolute atomic E-state index is 11.2. The van der Waals surface area contributed by atoms with Crippen LogP contribution in [0, 0.1) is 0 Å². The van der Waals surface area contributed by atoms with E-state index in [0.717, 1.165) is 0 Å². The predicted molar refractivity (Wildman–Crippen MR) is 46.0 cm³/mol. The summed E-state index contributed by atoms with van der Waals surface area (Å²) in [7, 11) is 0. The highest BCUT2D eigenvalue weighted by atomic mass is 16.3. The molecule has 1 aliphatic heterocycles. The van der Waals surface area contributed by atoms with Gasteiger partial charge in [0.05, 0.1) is 6.54 Å². The normalized spacial score (nSPS) is 19.1.